The molecule has 0 atom stereocenters. The van der Waals surface area contributed by atoms with Crippen molar-refractivity contribution >= 4 is 39.2 Å². The molecule has 1 aliphatic rings. The Bertz CT molecular complexity index is 805. The second-order valence-corrected chi connectivity index (χ2v) is 8.82. The Hall–Kier alpha value is -2.13. The van der Waals surface area contributed by atoms with Gasteiger partial charge in [0.2, 0.25) is 5.91 Å². The summed E-state index contributed by atoms with van der Waals surface area (Å²) in [6.07, 6.45) is 1.50. The van der Waals surface area contributed by atoms with Gasteiger partial charge in [0.1, 0.15) is 0 Å². The molecule has 0 heterocycles. The molecule has 2 amide bonds. The van der Waals surface area contributed by atoms with Crippen LogP contribution >= 0.6 is 11.6 Å². The van der Waals surface area contributed by atoms with Crippen molar-refractivity contribution < 1.29 is 27.5 Å². The van der Waals surface area contributed by atoms with E-state index in [0.29, 0.717) is 5.02 Å². The van der Waals surface area contributed by atoms with Crippen molar-refractivity contribution in [2.45, 2.75) is 30.2 Å². The number of esters is 1. The van der Waals surface area contributed by atoms with Crippen LogP contribution in [0.3, 0.4) is 0 Å². The number of carbonyl (C=O) groups is 3. The molecule has 0 aliphatic heterocycles. The van der Waals surface area contributed by atoms with Crippen LogP contribution in [0.2, 0.25) is 5.02 Å². The van der Waals surface area contributed by atoms with Crippen LogP contribution in [0.25, 0.3) is 0 Å². The minimum absolute atomic E-state index is 0.0529. The number of rotatable bonds is 9. The zero-order chi connectivity index (χ0) is 20.0. The molecule has 1 N–H and O–H groups in total. The molecule has 1 aliphatic carbocycles. The van der Waals surface area contributed by atoms with E-state index in [1.807, 2.05) is 0 Å². The van der Waals surface area contributed by atoms with Gasteiger partial charge in [0.25, 0.3) is 5.91 Å². The average Bonchev–Trinajstić information content (AvgIpc) is 3.42. The van der Waals surface area contributed by atoms with E-state index < -0.39 is 34.1 Å². The van der Waals surface area contributed by atoms with Crippen LogP contribution in [-0.2, 0) is 29.0 Å². The molecule has 10 heteroatoms. The largest absolute Gasteiger partial charge is 0.456 e. The van der Waals surface area contributed by atoms with Gasteiger partial charge < -0.3 is 15.0 Å². The van der Waals surface area contributed by atoms with Crippen LogP contribution in [0.4, 0.5) is 0 Å². The SMILES string of the molecule is CN(CC(=O)NC1CC1)C(=O)COC(=O)CCS(=O)(=O)c1ccc(Cl)cc1. The molecule has 1 saturated carbocycles. The smallest absolute Gasteiger partial charge is 0.307 e. The van der Waals surface area contributed by atoms with Crippen molar-refractivity contribution in [3.05, 3.63) is 29.3 Å². The van der Waals surface area contributed by atoms with Crippen molar-refractivity contribution in [1.82, 2.24) is 10.2 Å². The van der Waals surface area contributed by atoms with E-state index in [1.165, 1.54) is 31.3 Å². The Balaban J connectivity index is 1.72. The summed E-state index contributed by atoms with van der Waals surface area (Å²) < 4.78 is 29.1. The standard InChI is InChI=1S/C17H21ClN2O6S/c1-20(10-15(21)19-13-4-5-13)16(22)11-26-17(23)8-9-27(24,25)14-6-2-12(18)3-7-14/h2-3,6-7,13H,4-5,8-11H2,1H3,(H,19,21). The average molecular weight is 417 g/mol. The van der Waals surface area contributed by atoms with Crippen LogP contribution < -0.4 is 5.32 Å². The molecule has 0 radical (unpaired) electrons. The number of likely N-dealkylation sites (N-methyl/N-ethyl adjacent to an activating group) is 1. The van der Waals surface area contributed by atoms with Crippen LogP contribution in [0.5, 0.6) is 0 Å². The minimum atomic E-state index is -3.66. The highest BCUT2D eigenvalue weighted by molar-refractivity contribution is 7.91. The summed E-state index contributed by atoms with van der Waals surface area (Å²) >= 11 is 5.71. The second-order valence-electron chi connectivity index (χ2n) is 6.28. The second kappa shape index (κ2) is 9.18. The first kappa shape index (κ1) is 21.2. The number of carbonyl (C=O) groups excluding carboxylic acids is 3. The summed E-state index contributed by atoms with van der Waals surface area (Å²) in [4.78, 5) is 36.4. The predicted octanol–water partition coefficient (Wildman–Crippen LogP) is 0.784. The fourth-order valence-corrected chi connectivity index (χ4v) is 3.45. The van der Waals surface area contributed by atoms with Gasteiger partial charge in [0.15, 0.2) is 16.4 Å². The first-order valence-corrected chi connectivity index (χ1v) is 10.4. The number of hydrogen-bond acceptors (Lipinski definition) is 6. The highest BCUT2D eigenvalue weighted by Crippen LogP contribution is 2.18. The van der Waals surface area contributed by atoms with E-state index in [9.17, 15) is 22.8 Å². The Morgan fingerprint density at radius 1 is 1.22 bits per heavy atom. The number of amides is 2. The lowest BCUT2D eigenvalue weighted by Crippen LogP contribution is -2.40. The quantitative estimate of drug-likeness (QED) is 0.596. The molecule has 0 spiro atoms. The summed E-state index contributed by atoms with van der Waals surface area (Å²) in [5.74, 6) is -2.07. The zero-order valence-corrected chi connectivity index (χ0v) is 16.4. The van der Waals surface area contributed by atoms with Crippen molar-refractivity contribution in [1.29, 1.82) is 0 Å². The van der Waals surface area contributed by atoms with E-state index in [1.54, 1.807) is 0 Å². The fraction of sp³-hybridized carbons (Fsp3) is 0.471. The Morgan fingerprint density at radius 2 is 1.85 bits per heavy atom. The van der Waals surface area contributed by atoms with Crippen molar-refractivity contribution in [2.75, 3.05) is 26.0 Å². The van der Waals surface area contributed by atoms with Gasteiger partial charge in [0.05, 0.1) is 23.6 Å². The highest BCUT2D eigenvalue weighted by atomic mass is 35.5. The van der Waals surface area contributed by atoms with E-state index in [4.69, 9.17) is 16.3 Å². The van der Waals surface area contributed by atoms with Gasteiger partial charge in [-0.1, -0.05) is 11.6 Å². The normalized spacial score (nSPS) is 13.7. The van der Waals surface area contributed by atoms with Crippen LogP contribution in [-0.4, -0.2) is 63.1 Å². The maximum atomic E-state index is 12.1. The number of ether oxygens (including phenoxy) is 1. The number of hydrogen-bond donors (Lipinski definition) is 1. The highest BCUT2D eigenvalue weighted by Gasteiger charge is 2.24. The molecule has 0 unspecified atom stereocenters. The third kappa shape index (κ3) is 7.18. The van der Waals surface area contributed by atoms with Gasteiger partial charge in [-0.25, -0.2) is 8.42 Å². The Labute approximate surface area is 162 Å². The molecule has 8 nitrogen and oxygen atoms in total. The lowest BCUT2D eigenvalue weighted by molar-refractivity contribution is -0.151. The Morgan fingerprint density at radius 3 is 2.44 bits per heavy atom. The van der Waals surface area contributed by atoms with Crippen LogP contribution in [0, 0.1) is 0 Å². The Kier molecular flexibility index (Phi) is 7.20. The topological polar surface area (TPSA) is 110 Å². The van der Waals surface area contributed by atoms with Gasteiger partial charge in [-0.15, -0.1) is 0 Å². The molecular formula is C17H21ClN2O6S. The van der Waals surface area contributed by atoms with Gasteiger partial charge >= 0.3 is 5.97 Å². The summed E-state index contributed by atoms with van der Waals surface area (Å²) in [5.41, 5.74) is 0. The van der Waals surface area contributed by atoms with Gasteiger partial charge in [-0.3, -0.25) is 14.4 Å². The van der Waals surface area contributed by atoms with Gasteiger partial charge in [0, 0.05) is 18.1 Å². The lowest BCUT2D eigenvalue weighted by atomic mass is 10.4. The predicted molar refractivity (Wildman–Crippen MR) is 97.9 cm³/mol. The summed E-state index contributed by atoms with van der Waals surface area (Å²) in [7, 11) is -2.23. The summed E-state index contributed by atoms with van der Waals surface area (Å²) in [5, 5.41) is 3.15. The van der Waals surface area contributed by atoms with E-state index >= 15 is 0 Å². The third-order valence-corrected chi connectivity index (χ3v) is 5.84. The molecule has 0 bridgehead atoms. The van der Waals surface area contributed by atoms with E-state index in [2.05, 4.69) is 5.32 Å². The first-order chi connectivity index (χ1) is 12.7. The number of nitrogens with one attached hydrogen (secondary N) is 1. The molecule has 1 aromatic carbocycles. The van der Waals surface area contributed by atoms with Crippen LogP contribution in [0.15, 0.2) is 29.2 Å². The molecule has 0 saturated heterocycles. The summed E-state index contributed by atoms with van der Waals surface area (Å²) in [6.45, 7) is -0.676. The number of sulfone groups is 1. The third-order valence-electron chi connectivity index (χ3n) is 3.85. The first-order valence-electron chi connectivity index (χ1n) is 8.34. The molecular weight excluding hydrogens is 396 g/mol. The molecule has 1 aromatic rings. The van der Waals surface area contributed by atoms with Gasteiger partial charge in [-0.2, -0.15) is 0 Å². The molecule has 2 rings (SSSR count). The zero-order valence-electron chi connectivity index (χ0n) is 14.8. The van der Waals surface area contributed by atoms with Crippen molar-refractivity contribution in [3.63, 3.8) is 0 Å². The van der Waals surface area contributed by atoms with Gasteiger partial charge in [-0.05, 0) is 37.1 Å². The van der Waals surface area contributed by atoms with E-state index in [-0.39, 0.29) is 29.8 Å². The minimum Gasteiger partial charge on any atom is -0.456 e. The van der Waals surface area contributed by atoms with E-state index in [0.717, 1.165) is 17.7 Å². The number of nitrogens with zero attached hydrogens (tertiary/aromatic N) is 1. The molecule has 27 heavy (non-hydrogen) atoms. The molecule has 148 valence electrons. The van der Waals surface area contributed by atoms with Crippen molar-refractivity contribution in [2.24, 2.45) is 0 Å². The fourth-order valence-electron chi connectivity index (χ4n) is 2.11. The maximum absolute atomic E-state index is 12.1. The maximum Gasteiger partial charge on any atom is 0.307 e. The summed E-state index contributed by atoms with van der Waals surface area (Å²) in [6, 6.07) is 5.80. The number of benzene rings is 1. The number of halogens is 1. The lowest BCUT2D eigenvalue weighted by Gasteiger charge is -2.16. The monoisotopic (exact) mass is 416 g/mol. The van der Waals surface area contributed by atoms with Crippen LogP contribution in [0.1, 0.15) is 19.3 Å². The molecule has 1 fully saturated rings. The van der Waals surface area contributed by atoms with Crippen molar-refractivity contribution in [3.8, 4) is 0 Å². The molecule has 0 aromatic heterocycles.